The van der Waals surface area contributed by atoms with Crippen molar-refractivity contribution in [3.8, 4) is 0 Å². The summed E-state index contributed by atoms with van der Waals surface area (Å²) < 4.78 is 66.2. The molecule has 12 heavy (non-hydrogen) atoms. The Balaban J connectivity index is 0. The van der Waals surface area contributed by atoms with E-state index >= 15 is 0 Å². The number of nitrogens with one attached hydrogen (secondary N) is 1. The maximum atomic E-state index is 11.1. The first-order chi connectivity index (χ1) is 4.63. The number of amides is 1. The average Bonchev–Trinajstić information content (AvgIpc) is 1.56. The predicted octanol–water partition coefficient (Wildman–Crippen LogP) is 0.536. The summed E-state index contributed by atoms with van der Waals surface area (Å²) in [5.74, 6) is -3.02. The molecule has 0 aliphatic rings. The van der Waals surface area contributed by atoms with Gasteiger partial charge in [-0.1, -0.05) is 0 Å². The summed E-state index contributed by atoms with van der Waals surface area (Å²) in [5, 5.41) is -0.205. The summed E-state index contributed by atoms with van der Waals surface area (Å²) in [5.41, 5.74) is 0. The average molecular weight is 189 g/mol. The van der Waals surface area contributed by atoms with Crippen LogP contribution in [0.2, 0.25) is 0 Å². The van der Waals surface area contributed by atoms with Gasteiger partial charge in [-0.25, -0.2) is 0 Å². The molecule has 0 aromatic heterocycles. The minimum atomic E-state index is -5.50. The third-order valence-corrected chi connectivity index (χ3v) is 0.513. The van der Waals surface area contributed by atoms with Crippen LogP contribution in [0.15, 0.2) is 0 Å². The third-order valence-electron chi connectivity index (χ3n) is 0.513. The molecule has 0 saturated carbocycles. The quantitative estimate of drug-likeness (QED) is 0.336. The van der Waals surface area contributed by atoms with Crippen LogP contribution in [0.3, 0.4) is 0 Å². The fourth-order valence-corrected chi connectivity index (χ4v) is 0.200. The third kappa shape index (κ3) is 6.36. The SMILES string of the molecule is O=C(NC(F)(F)F)C(F)(F)F.[LiH]. The minimum absolute atomic E-state index is 0. The first-order valence-electron chi connectivity index (χ1n) is 2.09. The van der Waals surface area contributed by atoms with Crippen molar-refractivity contribution in [2.75, 3.05) is 0 Å². The summed E-state index contributed by atoms with van der Waals surface area (Å²) in [6.45, 7) is 0. The standard InChI is InChI=1S/C3HF6NO.Li.H/c4-2(5,6)1(11)10-3(7,8)9;;/h(H,10,11);;. The fraction of sp³-hybridized carbons (Fsp3) is 0.667. The molecule has 2 nitrogen and oxygen atoms in total. The summed E-state index contributed by atoms with van der Waals surface area (Å²) >= 11 is 0. The summed E-state index contributed by atoms with van der Waals surface area (Å²) in [6, 6.07) is 0. The van der Waals surface area contributed by atoms with Gasteiger partial charge >= 0.3 is 37.2 Å². The molecule has 0 fully saturated rings. The predicted molar refractivity (Wildman–Crippen MR) is 27.4 cm³/mol. The Morgan fingerprint density at radius 1 is 1.00 bits per heavy atom. The zero-order valence-electron chi connectivity index (χ0n) is 4.68. The van der Waals surface area contributed by atoms with Crippen molar-refractivity contribution >= 4 is 24.8 Å². The van der Waals surface area contributed by atoms with Crippen molar-refractivity contribution in [3.05, 3.63) is 0 Å². The summed E-state index contributed by atoms with van der Waals surface area (Å²) in [4.78, 5) is 9.52. The van der Waals surface area contributed by atoms with Crippen molar-refractivity contribution in [1.29, 1.82) is 0 Å². The zero-order valence-corrected chi connectivity index (χ0v) is 4.68. The Morgan fingerprint density at radius 3 is 1.42 bits per heavy atom. The van der Waals surface area contributed by atoms with Gasteiger partial charge in [0.2, 0.25) is 0 Å². The molecule has 0 rings (SSSR count). The monoisotopic (exact) mass is 189 g/mol. The molecule has 0 atom stereocenters. The maximum absolute atomic E-state index is 11.1. The van der Waals surface area contributed by atoms with Crippen LogP contribution in [0.5, 0.6) is 0 Å². The number of carbonyl (C=O) groups is 1. The molecule has 0 heterocycles. The molecule has 0 bridgehead atoms. The van der Waals surface area contributed by atoms with Gasteiger partial charge in [-0.2, -0.15) is 26.3 Å². The molecule has 0 aliphatic carbocycles. The second-order valence-corrected chi connectivity index (χ2v) is 1.45. The van der Waals surface area contributed by atoms with Gasteiger partial charge < -0.3 is 0 Å². The first-order valence-corrected chi connectivity index (χ1v) is 2.09. The second kappa shape index (κ2) is 4.05. The summed E-state index contributed by atoms with van der Waals surface area (Å²) in [7, 11) is 0. The molecule has 0 saturated heterocycles. The van der Waals surface area contributed by atoms with Gasteiger partial charge in [0.05, 0.1) is 0 Å². The molecule has 0 aromatic rings. The van der Waals surface area contributed by atoms with E-state index in [-0.39, 0.29) is 24.2 Å². The summed E-state index contributed by atoms with van der Waals surface area (Å²) in [6.07, 6.45) is -10.8. The van der Waals surface area contributed by atoms with E-state index in [0.717, 1.165) is 0 Å². The van der Waals surface area contributed by atoms with Gasteiger partial charge in [0.1, 0.15) is 0 Å². The van der Waals surface area contributed by atoms with Gasteiger partial charge in [0.15, 0.2) is 0 Å². The molecular formula is C3H2F6LiNO. The van der Waals surface area contributed by atoms with E-state index in [9.17, 15) is 31.1 Å². The van der Waals surface area contributed by atoms with Gasteiger partial charge in [-0.15, -0.1) is 0 Å². The molecule has 9 heteroatoms. The van der Waals surface area contributed by atoms with Gasteiger partial charge in [-0.05, 0) is 0 Å². The normalized spacial score (nSPS) is 11.8. The molecule has 0 unspecified atom stereocenters. The van der Waals surface area contributed by atoms with Crippen LogP contribution in [-0.2, 0) is 4.79 Å². The van der Waals surface area contributed by atoms with Gasteiger partial charge in [0.25, 0.3) is 0 Å². The Bertz CT molecular complexity index is 161. The molecule has 0 aliphatic heterocycles. The Hall–Kier alpha value is -0.353. The van der Waals surface area contributed by atoms with E-state index in [4.69, 9.17) is 0 Å². The van der Waals surface area contributed by atoms with E-state index in [1.165, 1.54) is 0 Å². The van der Waals surface area contributed by atoms with Crippen LogP contribution in [0, 0.1) is 0 Å². The molecule has 1 N–H and O–H groups in total. The van der Waals surface area contributed by atoms with E-state index in [1.54, 1.807) is 0 Å². The van der Waals surface area contributed by atoms with Crippen LogP contribution in [0.1, 0.15) is 0 Å². The van der Waals surface area contributed by atoms with Crippen LogP contribution >= 0.6 is 0 Å². The van der Waals surface area contributed by atoms with Crippen molar-refractivity contribution < 1.29 is 31.1 Å². The Labute approximate surface area is 74.5 Å². The number of hydrogen-bond acceptors (Lipinski definition) is 1. The van der Waals surface area contributed by atoms with Crippen molar-refractivity contribution in [3.63, 3.8) is 0 Å². The van der Waals surface area contributed by atoms with Crippen LogP contribution < -0.4 is 5.32 Å². The van der Waals surface area contributed by atoms with E-state index < -0.39 is 18.4 Å². The number of rotatable bonds is 0. The zero-order chi connectivity index (χ0) is 9.28. The van der Waals surface area contributed by atoms with E-state index in [1.807, 2.05) is 0 Å². The molecule has 0 spiro atoms. The fourth-order valence-electron chi connectivity index (χ4n) is 0.200. The Kier molecular flexibility index (Phi) is 4.79. The second-order valence-electron chi connectivity index (χ2n) is 1.45. The molecular weight excluding hydrogens is 187 g/mol. The van der Waals surface area contributed by atoms with Crippen molar-refractivity contribution in [1.82, 2.24) is 5.32 Å². The van der Waals surface area contributed by atoms with E-state index in [2.05, 4.69) is 0 Å². The number of halogens is 6. The Morgan fingerprint density at radius 2 is 1.33 bits per heavy atom. The number of alkyl halides is 6. The topological polar surface area (TPSA) is 29.1 Å². The molecule has 0 aromatic carbocycles. The number of carbonyl (C=O) groups excluding carboxylic acids is 1. The van der Waals surface area contributed by atoms with Gasteiger partial charge in [0, 0.05) is 0 Å². The van der Waals surface area contributed by atoms with Crippen LogP contribution in [0.25, 0.3) is 0 Å². The van der Waals surface area contributed by atoms with E-state index in [0.29, 0.717) is 0 Å². The van der Waals surface area contributed by atoms with Gasteiger partial charge in [-0.3, -0.25) is 10.1 Å². The molecule has 68 valence electrons. The van der Waals surface area contributed by atoms with Crippen LogP contribution in [0.4, 0.5) is 26.3 Å². The van der Waals surface area contributed by atoms with Crippen molar-refractivity contribution in [2.24, 2.45) is 0 Å². The molecule has 1 amide bonds. The van der Waals surface area contributed by atoms with Crippen molar-refractivity contribution in [2.45, 2.75) is 12.5 Å². The molecule has 0 radical (unpaired) electrons. The number of hydrogen-bond donors (Lipinski definition) is 1. The first kappa shape index (κ1) is 14.2. The van der Waals surface area contributed by atoms with Crippen LogP contribution in [-0.4, -0.2) is 37.2 Å².